The van der Waals surface area contributed by atoms with E-state index in [2.05, 4.69) is 10.3 Å². The third-order valence-electron chi connectivity index (χ3n) is 2.89. The van der Waals surface area contributed by atoms with Gasteiger partial charge in [0.25, 0.3) is 0 Å². The molecule has 0 bridgehead atoms. The predicted molar refractivity (Wildman–Crippen MR) is 67.0 cm³/mol. The Kier molecular flexibility index (Phi) is 3.84. The Morgan fingerprint density at radius 2 is 2.28 bits per heavy atom. The quantitative estimate of drug-likeness (QED) is 0.842. The highest BCUT2D eigenvalue weighted by Crippen LogP contribution is 2.18. The van der Waals surface area contributed by atoms with Crippen molar-refractivity contribution < 1.29 is 13.2 Å². The number of aromatic nitrogens is 1. The van der Waals surface area contributed by atoms with Gasteiger partial charge in [0.15, 0.2) is 0 Å². The molecule has 1 aliphatic rings. The molecule has 100 valence electrons. The van der Waals surface area contributed by atoms with E-state index in [0.717, 1.165) is 0 Å². The molecule has 2 heterocycles. The molecule has 0 saturated carbocycles. The van der Waals surface area contributed by atoms with Crippen LogP contribution in [0.15, 0.2) is 23.2 Å². The standard InChI is InChI=1S/C11H17N3O3S/c1-9-8-14(6-5-12-9)18(15,16)10-3-4-11(17-2)13-7-10/h3-4,7,9,12H,5-6,8H2,1-2H3. The molecule has 0 aromatic carbocycles. The van der Waals surface area contributed by atoms with Gasteiger partial charge in [-0.25, -0.2) is 13.4 Å². The number of rotatable bonds is 3. The Labute approximate surface area is 107 Å². The van der Waals surface area contributed by atoms with Gasteiger partial charge in [-0.05, 0) is 13.0 Å². The second-order valence-corrected chi connectivity index (χ2v) is 6.19. The molecule has 0 radical (unpaired) electrons. The fraction of sp³-hybridized carbons (Fsp3) is 0.545. The second-order valence-electron chi connectivity index (χ2n) is 4.25. The molecular formula is C11H17N3O3S. The molecule has 7 heteroatoms. The van der Waals surface area contributed by atoms with E-state index in [1.807, 2.05) is 6.92 Å². The molecule has 1 aromatic rings. The van der Waals surface area contributed by atoms with Crippen LogP contribution in [0.1, 0.15) is 6.92 Å². The zero-order chi connectivity index (χ0) is 13.2. The third-order valence-corrected chi connectivity index (χ3v) is 4.74. The predicted octanol–water partition coefficient (Wildman–Crippen LogP) is 0.0726. The summed E-state index contributed by atoms with van der Waals surface area (Å²) in [5.41, 5.74) is 0. The van der Waals surface area contributed by atoms with Crippen LogP contribution < -0.4 is 10.1 Å². The maximum Gasteiger partial charge on any atom is 0.244 e. The number of hydrogen-bond donors (Lipinski definition) is 1. The minimum absolute atomic E-state index is 0.166. The molecule has 1 atom stereocenters. The number of ether oxygens (including phenoxy) is 1. The summed E-state index contributed by atoms with van der Waals surface area (Å²) < 4.78 is 31.1. The lowest BCUT2D eigenvalue weighted by molar-refractivity contribution is 0.310. The minimum Gasteiger partial charge on any atom is -0.481 e. The van der Waals surface area contributed by atoms with Crippen molar-refractivity contribution in [1.82, 2.24) is 14.6 Å². The van der Waals surface area contributed by atoms with Crippen LogP contribution in [0.4, 0.5) is 0 Å². The Morgan fingerprint density at radius 3 is 2.83 bits per heavy atom. The van der Waals surface area contributed by atoms with Gasteiger partial charge in [-0.1, -0.05) is 0 Å². The zero-order valence-electron chi connectivity index (χ0n) is 10.5. The van der Waals surface area contributed by atoms with Gasteiger partial charge in [-0.2, -0.15) is 4.31 Å². The third kappa shape index (κ3) is 2.63. The highest BCUT2D eigenvalue weighted by atomic mass is 32.2. The van der Waals surface area contributed by atoms with E-state index in [0.29, 0.717) is 25.5 Å². The average molecular weight is 271 g/mol. The second kappa shape index (κ2) is 5.21. The molecule has 1 saturated heterocycles. The smallest absolute Gasteiger partial charge is 0.244 e. The molecule has 1 fully saturated rings. The fourth-order valence-corrected chi connectivity index (χ4v) is 3.38. The zero-order valence-corrected chi connectivity index (χ0v) is 11.3. The average Bonchev–Trinajstić information content (AvgIpc) is 2.39. The number of methoxy groups -OCH3 is 1. The van der Waals surface area contributed by atoms with Crippen molar-refractivity contribution in [3.05, 3.63) is 18.3 Å². The van der Waals surface area contributed by atoms with Crippen molar-refractivity contribution in [1.29, 1.82) is 0 Å². The van der Waals surface area contributed by atoms with Crippen LogP contribution in [0.3, 0.4) is 0 Å². The first-order chi connectivity index (χ1) is 8.54. The monoisotopic (exact) mass is 271 g/mol. The van der Waals surface area contributed by atoms with Gasteiger partial charge >= 0.3 is 0 Å². The summed E-state index contributed by atoms with van der Waals surface area (Å²) in [6, 6.07) is 3.24. The molecule has 0 spiro atoms. The number of sulfonamides is 1. The Bertz CT molecular complexity index is 501. The van der Waals surface area contributed by atoms with Crippen molar-refractivity contribution in [3.63, 3.8) is 0 Å². The number of hydrogen-bond acceptors (Lipinski definition) is 5. The Morgan fingerprint density at radius 1 is 1.50 bits per heavy atom. The van der Waals surface area contributed by atoms with E-state index in [1.165, 1.54) is 23.7 Å². The number of piperazine rings is 1. The van der Waals surface area contributed by atoms with E-state index in [9.17, 15) is 8.42 Å². The summed E-state index contributed by atoms with van der Waals surface area (Å²) >= 11 is 0. The summed E-state index contributed by atoms with van der Waals surface area (Å²) in [5.74, 6) is 0.405. The van der Waals surface area contributed by atoms with Crippen LogP contribution in [0.2, 0.25) is 0 Å². The van der Waals surface area contributed by atoms with Gasteiger partial charge < -0.3 is 10.1 Å². The molecule has 2 rings (SSSR count). The van der Waals surface area contributed by atoms with Crippen molar-refractivity contribution in [3.8, 4) is 5.88 Å². The molecule has 1 aliphatic heterocycles. The molecule has 0 amide bonds. The lowest BCUT2D eigenvalue weighted by Crippen LogP contribution is -2.51. The maximum atomic E-state index is 12.3. The van der Waals surface area contributed by atoms with Crippen molar-refractivity contribution in [2.24, 2.45) is 0 Å². The highest BCUT2D eigenvalue weighted by molar-refractivity contribution is 7.89. The number of pyridine rings is 1. The van der Waals surface area contributed by atoms with Crippen LogP contribution in [-0.2, 0) is 10.0 Å². The van der Waals surface area contributed by atoms with Crippen LogP contribution >= 0.6 is 0 Å². The summed E-state index contributed by atoms with van der Waals surface area (Å²) in [6.07, 6.45) is 1.33. The Hall–Kier alpha value is -1.18. The fourth-order valence-electron chi connectivity index (χ4n) is 1.90. The van der Waals surface area contributed by atoms with Gasteiger partial charge in [0.2, 0.25) is 15.9 Å². The molecule has 1 aromatic heterocycles. The van der Waals surface area contributed by atoms with Crippen LogP contribution in [-0.4, -0.2) is 50.5 Å². The molecular weight excluding hydrogens is 254 g/mol. The first-order valence-electron chi connectivity index (χ1n) is 5.77. The first kappa shape index (κ1) is 13.3. The summed E-state index contributed by atoms with van der Waals surface area (Å²) in [5, 5.41) is 3.21. The lowest BCUT2D eigenvalue weighted by atomic mass is 10.3. The molecule has 1 unspecified atom stereocenters. The SMILES string of the molecule is COc1ccc(S(=O)(=O)N2CCNC(C)C2)cn1. The maximum absolute atomic E-state index is 12.3. The number of nitrogens with one attached hydrogen (secondary N) is 1. The Balaban J connectivity index is 2.23. The van der Waals surface area contributed by atoms with Gasteiger partial charge in [0.1, 0.15) is 4.90 Å². The summed E-state index contributed by atoms with van der Waals surface area (Å²) in [4.78, 5) is 4.14. The molecule has 6 nitrogen and oxygen atoms in total. The van der Waals surface area contributed by atoms with Gasteiger partial charge in [-0.15, -0.1) is 0 Å². The normalized spacial score (nSPS) is 21.8. The van der Waals surface area contributed by atoms with Gasteiger partial charge in [-0.3, -0.25) is 0 Å². The summed E-state index contributed by atoms with van der Waals surface area (Å²) in [7, 11) is -1.95. The summed E-state index contributed by atoms with van der Waals surface area (Å²) in [6.45, 7) is 3.60. The van der Waals surface area contributed by atoms with Crippen molar-refractivity contribution >= 4 is 10.0 Å². The number of nitrogens with zero attached hydrogens (tertiary/aromatic N) is 2. The molecule has 1 N–H and O–H groups in total. The van der Waals surface area contributed by atoms with Crippen molar-refractivity contribution in [2.75, 3.05) is 26.7 Å². The van der Waals surface area contributed by atoms with E-state index in [4.69, 9.17) is 4.74 Å². The molecule has 0 aliphatic carbocycles. The van der Waals surface area contributed by atoms with Gasteiger partial charge in [0.05, 0.1) is 13.3 Å². The van der Waals surface area contributed by atoms with E-state index < -0.39 is 10.0 Å². The van der Waals surface area contributed by atoms with Crippen LogP contribution in [0.25, 0.3) is 0 Å². The molecule has 18 heavy (non-hydrogen) atoms. The first-order valence-corrected chi connectivity index (χ1v) is 7.21. The lowest BCUT2D eigenvalue weighted by Gasteiger charge is -2.30. The van der Waals surface area contributed by atoms with Gasteiger partial charge in [0, 0.05) is 31.7 Å². The van der Waals surface area contributed by atoms with Crippen LogP contribution in [0.5, 0.6) is 5.88 Å². The van der Waals surface area contributed by atoms with E-state index in [1.54, 1.807) is 6.07 Å². The largest absolute Gasteiger partial charge is 0.481 e. The van der Waals surface area contributed by atoms with Crippen LogP contribution in [0, 0.1) is 0 Å². The van der Waals surface area contributed by atoms with E-state index >= 15 is 0 Å². The van der Waals surface area contributed by atoms with E-state index in [-0.39, 0.29) is 10.9 Å². The topological polar surface area (TPSA) is 71.5 Å². The van der Waals surface area contributed by atoms with Crippen molar-refractivity contribution in [2.45, 2.75) is 17.9 Å². The highest BCUT2D eigenvalue weighted by Gasteiger charge is 2.28. The minimum atomic E-state index is -3.44.